The Morgan fingerprint density at radius 1 is 1.22 bits per heavy atom. The topological polar surface area (TPSA) is 41.6 Å². The summed E-state index contributed by atoms with van der Waals surface area (Å²) in [5, 5.41) is 1.79. The van der Waals surface area contributed by atoms with Crippen molar-refractivity contribution in [2.75, 3.05) is 0 Å². The molecule has 0 amide bonds. The quantitative estimate of drug-likeness (QED) is 0.770. The van der Waals surface area contributed by atoms with Crippen molar-refractivity contribution in [3.8, 4) is 0 Å². The molecule has 3 aromatic rings. The summed E-state index contributed by atoms with van der Waals surface area (Å²) in [6, 6.07) is 10.1. The number of nitrogens with one attached hydrogen (secondary N) is 1. The standard InChI is InChI=1S/C13H10BrN3S/c1-8-2-4-10-11(6-8)17-13(16-10)18-12-5-3-9(14)7-15-12/h2-7H,1H3,(H,16,17). The van der Waals surface area contributed by atoms with Crippen LogP contribution >= 0.6 is 27.7 Å². The highest BCUT2D eigenvalue weighted by Crippen LogP contribution is 2.26. The molecule has 0 bridgehead atoms. The minimum absolute atomic E-state index is 0.866. The summed E-state index contributed by atoms with van der Waals surface area (Å²) in [6.45, 7) is 2.07. The Labute approximate surface area is 117 Å². The van der Waals surface area contributed by atoms with E-state index in [2.05, 4.69) is 49.9 Å². The normalized spacial score (nSPS) is 11.0. The van der Waals surface area contributed by atoms with Gasteiger partial charge in [-0.2, -0.15) is 0 Å². The predicted octanol–water partition coefficient (Wildman–Crippen LogP) is 4.18. The van der Waals surface area contributed by atoms with E-state index in [1.165, 1.54) is 17.3 Å². The maximum Gasteiger partial charge on any atom is 0.172 e. The molecule has 3 rings (SSSR count). The van der Waals surface area contributed by atoms with Gasteiger partial charge in [0.1, 0.15) is 5.03 Å². The average molecular weight is 320 g/mol. The molecule has 0 fully saturated rings. The molecule has 5 heteroatoms. The highest BCUT2D eigenvalue weighted by Gasteiger charge is 2.05. The number of aromatic nitrogens is 3. The van der Waals surface area contributed by atoms with Crippen LogP contribution in [0.25, 0.3) is 11.0 Å². The average Bonchev–Trinajstić information content (AvgIpc) is 2.73. The summed E-state index contributed by atoms with van der Waals surface area (Å²) in [5.41, 5.74) is 3.28. The number of aromatic amines is 1. The Morgan fingerprint density at radius 3 is 2.89 bits per heavy atom. The van der Waals surface area contributed by atoms with Crippen molar-refractivity contribution in [1.82, 2.24) is 15.0 Å². The second kappa shape index (κ2) is 4.74. The van der Waals surface area contributed by atoms with Gasteiger partial charge < -0.3 is 4.98 Å². The molecular formula is C13H10BrN3S. The number of rotatable bonds is 2. The van der Waals surface area contributed by atoms with Crippen LogP contribution in [0.1, 0.15) is 5.56 Å². The van der Waals surface area contributed by atoms with Crippen molar-refractivity contribution < 1.29 is 0 Å². The van der Waals surface area contributed by atoms with Gasteiger partial charge >= 0.3 is 0 Å². The summed E-state index contributed by atoms with van der Waals surface area (Å²) in [5.74, 6) is 0. The van der Waals surface area contributed by atoms with Gasteiger partial charge in [-0.25, -0.2) is 9.97 Å². The van der Waals surface area contributed by atoms with E-state index in [9.17, 15) is 0 Å². The van der Waals surface area contributed by atoms with Gasteiger partial charge in [0.2, 0.25) is 0 Å². The zero-order valence-electron chi connectivity index (χ0n) is 9.64. The number of aryl methyl sites for hydroxylation is 1. The van der Waals surface area contributed by atoms with Gasteiger partial charge in [0.15, 0.2) is 5.16 Å². The van der Waals surface area contributed by atoms with Crippen LogP contribution in [0, 0.1) is 6.92 Å². The lowest BCUT2D eigenvalue weighted by Gasteiger charge is -1.96. The van der Waals surface area contributed by atoms with Crippen molar-refractivity contribution in [1.29, 1.82) is 0 Å². The number of hydrogen-bond acceptors (Lipinski definition) is 3. The maximum atomic E-state index is 4.53. The molecule has 2 aromatic heterocycles. The lowest BCUT2D eigenvalue weighted by molar-refractivity contribution is 1.05. The van der Waals surface area contributed by atoms with Crippen LogP contribution in [0.3, 0.4) is 0 Å². The molecule has 0 spiro atoms. The minimum Gasteiger partial charge on any atom is -0.333 e. The molecule has 0 atom stereocenters. The van der Waals surface area contributed by atoms with E-state index < -0.39 is 0 Å². The number of benzene rings is 1. The van der Waals surface area contributed by atoms with Crippen LogP contribution in [0.15, 0.2) is 51.2 Å². The number of fused-ring (bicyclic) bond motifs is 1. The second-order valence-electron chi connectivity index (χ2n) is 3.98. The molecule has 0 saturated heterocycles. The van der Waals surface area contributed by atoms with Gasteiger partial charge in [-0.3, -0.25) is 0 Å². The molecule has 18 heavy (non-hydrogen) atoms. The van der Waals surface area contributed by atoms with E-state index in [1.807, 2.05) is 18.2 Å². The molecule has 90 valence electrons. The summed E-state index contributed by atoms with van der Waals surface area (Å²) < 4.78 is 0.979. The predicted molar refractivity (Wildman–Crippen MR) is 76.9 cm³/mol. The second-order valence-corrected chi connectivity index (χ2v) is 5.90. The van der Waals surface area contributed by atoms with Gasteiger partial charge in [-0.1, -0.05) is 6.07 Å². The third-order valence-electron chi connectivity index (χ3n) is 2.52. The van der Waals surface area contributed by atoms with Gasteiger partial charge in [0, 0.05) is 10.7 Å². The van der Waals surface area contributed by atoms with E-state index in [-0.39, 0.29) is 0 Å². The number of halogens is 1. The first-order chi connectivity index (χ1) is 8.70. The van der Waals surface area contributed by atoms with Crippen molar-refractivity contribution in [2.24, 2.45) is 0 Å². The van der Waals surface area contributed by atoms with Gasteiger partial charge in [0.05, 0.1) is 11.0 Å². The zero-order valence-corrected chi connectivity index (χ0v) is 12.0. The Morgan fingerprint density at radius 2 is 2.11 bits per heavy atom. The molecule has 3 nitrogen and oxygen atoms in total. The summed E-state index contributed by atoms with van der Waals surface area (Å²) in [6.07, 6.45) is 1.79. The molecule has 0 saturated carbocycles. The van der Waals surface area contributed by atoms with Gasteiger partial charge in [-0.15, -0.1) is 0 Å². The maximum absolute atomic E-state index is 4.53. The number of imidazole rings is 1. The van der Waals surface area contributed by atoms with Crippen molar-refractivity contribution in [2.45, 2.75) is 17.1 Å². The largest absolute Gasteiger partial charge is 0.333 e. The smallest absolute Gasteiger partial charge is 0.172 e. The molecule has 1 aromatic carbocycles. The summed E-state index contributed by atoms with van der Waals surface area (Å²) in [7, 11) is 0. The molecule has 2 heterocycles. The third kappa shape index (κ3) is 2.42. The van der Waals surface area contributed by atoms with E-state index >= 15 is 0 Å². The van der Waals surface area contributed by atoms with Crippen molar-refractivity contribution in [3.05, 3.63) is 46.6 Å². The number of pyridine rings is 1. The fourth-order valence-electron chi connectivity index (χ4n) is 1.67. The van der Waals surface area contributed by atoms with Gasteiger partial charge in [0.25, 0.3) is 0 Å². The van der Waals surface area contributed by atoms with Crippen LogP contribution < -0.4 is 0 Å². The van der Waals surface area contributed by atoms with Crippen molar-refractivity contribution >= 4 is 38.7 Å². The molecule has 0 aliphatic carbocycles. The van der Waals surface area contributed by atoms with Crippen molar-refractivity contribution in [3.63, 3.8) is 0 Å². The van der Waals surface area contributed by atoms with Gasteiger partial charge in [-0.05, 0) is 64.4 Å². The van der Waals surface area contributed by atoms with Crippen LogP contribution in [0.4, 0.5) is 0 Å². The van der Waals surface area contributed by atoms with Crippen LogP contribution in [-0.4, -0.2) is 15.0 Å². The molecule has 0 aliphatic rings. The molecule has 1 N–H and O–H groups in total. The zero-order chi connectivity index (χ0) is 12.5. The third-order valence-corrected chi connectivity index (χ3v) is 3.82. The van der Waals surface area contributed by atoms with Crippen LogP contribution in [0.2, 0.25) is 0 Å². The number of nitrogens with zero attached hydrogens (tertiary/aromatic N) is 2. The Kier molecular flexibility index (Phi) is 3.09. The Hall–Kier alpha value is -1.33. The van der Waals surface area contributed by atoms with E-state index in [0.29, 0.717) is 0 Å². The monoisotopic (exact) mass is 319 g/mol. The van der Waals surface area contributed by atoms with E-state index in [4.69, 9.17) is 0 Å². The Balaban J connectivity index is 1.92. The SMILES string of the molecule is Cc1ccc2nc(Sc3ccc(Br)cn3)[nH]c2c1. The molecule has 0 unspecified atom stereocenters. The highest BCUT2D eigenvalue weighted by molar-refractivity contribution is 9.10. The fraction of sp³-hybridized carbons (Fsp3) is 0.0769. The van der Waals surface area contributed by atoms with Crippen LogP contribution in [0.5, 0.6) is 0 Å². The fourth-order valence-corrected chi connectivity index (χ4v) is 2.65. The molecule has 0 radical (unpaired) electrons. The Bertz CT molecular complexity index is 691. The number of H-pyrrole nitrogens is 1. The molecular weight excluding hydrogens is 310 g/mol. The summed E-state index contributed by atoms with van der Waals surface area (Å²) in [4.78, 5) is 12.1. The van der Waals surface area contributed by atoms with Crippen LogP contribution in [-0.2, 0) is 0 Å². The van der Waals surface area contributed by atoms with E-state index in [1.54, 1.807) is 6.20 Å². The highest BCUT2D eigenvalue weighted by atomic mass is 79.9. The first-order valence-corrected chi connectivity index (χ1v) is 7.07. The number of hydrogen-bond donors (Lipinski definition) is 1. The molecule has 0 aliphatic heterocycles. The van der Waals surface area contributed by atoms with E-state index in [0.717, 1.165) is 25.7 Å². The lowest BCUT2D eigenvalue weighted by atomic mass is 10.2. The summed E-state index contributed by atoms with van der Waals surface area (Å²) >= 11 is 4.90. The first kappa shape index (κ1) is 11.7. The minimum atomic E-state index is 0.866. The first-order valence-electron chi connectivity index (χ1n) is 5.46. The lowest BCUT2D eigenvalue weighted by Crippen LogP contribution is -1.80.